The molecule has 2 atom stereocenters. The van der Waals surface area contributed by atoms with Gasteiger partial charge in [-0.1, -0.05) is 26.5 Å². The molecule has 0 unspecified atom stereocenters. The van der Waals surface area contributed by atoms with Crippen LogP contribution in [0.25, 0.3) is 33.2 Å². The molecule has 3 aromatic rings. The molecule has 5 rings (SSSR count). The van der Waals surface area contributed by atoms with E-state index in [1.165, 1.54) is 0 Å². The van der Waals surface area contributed by atoms with E-state index < -0.39 is 30.2 Å². The molecule has 230 valence electrons. The number of H-pyrrole nitrogens is 2. The molecule has 8 bridgehead atoms. The fraction of sp³-hybridized carbons (Fsp3) is 0.324. The average Bonchev–Trinajstić information content (AvgIpc) is 3.63. The van der Waals surface area contributed by atoms with Crippen molar-refractivity contribution in [3.8, 4) is 0 Å². The maximum absolute atomic E-state index is 12.7. The Balaban J connectivity index is 0.00000288. The van der Waals surface area contributed by atoms with Gasteiger partial charge < -0.3 is 26.7 Å². The Morgan fingerprint density at radius 3 is 2.22 bits per heavy atom. The van der Waals surface area contributed by atoms with Gasteiger partial charge in [0.1, 0.15) is 0 Å². The number of hydrogen-bond acceptors (Lipinski definition) is 5. The first kappa shape index (κ1) is 34.5. The van der Waals surface area contributed by atoms with Crippen molar-refractivity contribution in [1.82, 2.24) is 19.9 Å². The number of aromatic carboxylic acids is 1. The maximum Gasteiger partial charge on any atom is 1.00 e. The zero-order valence-electron chi connectivity index (χ0n) is 27.5. The second-order valence-corrected chi connectivity index (χ2v) is 11.5. The minimum Gasteiger partial charge on any atom is -1.00 e. The molecule has 0 saturated heterocycles. The predicted octanol–water partition coefficient (Wildman–Crippen LogP) is 3.80. The zero-order chi connectivity index (χ0) is 32.0. The first-order valence-corrected chi connectivity index (χ1v) is 14.6. The van der Waals surface area contributed by atoms with Crippen molar-refractivity contribution in [1.29, 1.82) is 0 Å². The van der Waals surface area contributed by atoms with Gasteiger partial charge in [-0.25, -0.2) is 9.78 Å². The van der Waals surface area contributed by atoms with Crippen molar-refractivity contribution in [3.63, 3.8) is 0 Å². The van der Waals surface area contributed by atoms with Gasteiger partial charge in [0.2, 0.25) is 0 Å². The Labute approximate surface area is 304 Å². The maximum atomic E-state index is 12.7. The Kier molecular flexibility index (Phi) is 10.4. The molecule has 0 radical (unpaired) electrons. The number of rotatable bonds is 8. The van der Waals surface area contributed by atoms with Gasteiger partial charge in [0.25, 0.3) is 0 Å². The molecule has 10 nitrogen and oxygen atoms in total. The minimum absolute atomic E-state index is 0. The van der Waals surface area contributed by atoms with E-state index in [1.807, 2.05) is 45.9 Å². The number of allylic oxidation sites excluding steroid dienone is 3. The van der Waals surface area contributed by atoms with Gasteiger partial charge in [-0.2, -0.15) is 0 Å². The van der Waals surface area contributed by atoms with Gasteiger partial charge in [-0.15, -0.1) is 0 Å². The van der Waals surface area contributed by atoms with E-state index in [0.717, 1.165) is 45.4 Å². The predicted molar refractivity (Wildman–Crippen MR) is 170 cm³/mol. The van der Waals surface area contributed by atoms with Crippen molar-refractivity contribution in [2.45, 2.75) is 72.1 Å². The molecular weight excluding hydrogens is 599 g/mol. The molecule has 0 spiro atoms. The molecule has 0 amide bonds. The van der Waals surface area contributed by atoms with Crippen LogP contribution in [0.2, 0.25) is 0 Å². The van der Waals surface area contributed by atoms with Gasteiger partial charge in [0, 0.05) is 51.6 Å². The fourth-order valence-electron chi connectivity index (χ4n) is 6.53. The van der Waals surface area contributed by atoms with Gasteiger partial charge >= 0.3 is 69.3 Å². The molecule has 5 N–H and O–H groups in total. The van der Waals surface area contributed by atoms with Crippen LogP contribution in [0, 0.1) is 13.8 Å². The van der Waals surface area contributed by atoms with Crippen LogP contribution in [-0.2, 0) is 22.4 Å². The normalized spacial score (nSPS) is 15.9. The molecule has 2 aliphatic heterocycles. The largest absolute Gasteiger partial charge is 1.00 e. The summed E-state index contributed by atoms with van der Waals surface area (Å²) in [5.74, 6) is -4.08. The van der Waals surface area contributed by atoms with Crippen molar-refractivity contribution >= 4 is 51.1 Å². The van der Waals surface area contributed by atoms with E-state index >= 15 is 0 Å². The molecule has 0 saturated carbocycles. The molecule has 0 aromatic carbocycles. The van der Waals surface area contributed by atoms with E-state index in [-0.39, 0.29) is 88.2 Å². The Hall–Kier alpha value is -3.35. The third-order valence-corrected chi connectivity index (χ3v) is 8.95. The van der Waals surface area contributed by atoms with E-state index in [4.69, 9.17) is 9.97 Å². The van der Waals surface area contributed by atoms with Crippen molar-refractivity contribution in [2.24, 2.45) is 0 Å². The number of aromatic nitrogens is 4. The summed E-state index contributed by atoms with van der Waals surface area (Å²) >= 11 is 0. The SMILES string of the molecule is C=CC1=C(C)c2cc3nc(c(CC(=O)O)c4[nH]c(cc5[nH]c(cc1n2)c(C)c5CC)c(C)c4C(=O)O)[C@@H](CCC(=O)O)[C@@H]3C.[H-].[K+]. The number of carboxylic acid groups (broad SMARTS) is 3. The number of aliphatic carboxylic acids is 2. The fourth-order valence-corrected chi connectivity index (χ4v) is 6.53. The van der Waals surface area contributed by atoms with E-state index in [1.54, 1.807) is 13.0 Å². The van der Waals surface area contributed by atoms with Crippen LogP contribution >= 0.6 is 0 Å². The van der Waals surface area contributed by atoms with Crippen LogP contribution in [0.1, 0.15) is 102 Å². The Bertz CT molecular complexity index is 1960. The van der Waals surface area contributed by atoms with Crippen LogP contribution in [0.15, 0.2) is 30.9 Å². The summed E-state index contributed by atoms with van der Waals surface area (Å²) < 4.78 is 0. The van der Waals surface area contributed by atoms with Gasteiger partial charge in [-0.3, -0.25) is 14.6 Å². The average molecular weight is 637 g/mol. The van der Waals surface area contributed by atoms with E-state index in [0.29, 0.717) is 28.2 Å². The molecule has 45 heavy (non-hydrogen) atoms. The monoisotopic (exact) mass is 636 g/mol. The second kappa shape index (κ2) is 13.6. The van der Waals surface area contributed by atoms with E-state index in [2.05, 4.69) is 16.5 Å². The summed E-state index contributed by atoms with van der Waals surface area (Å²) in [6, 6.07) is 5.70. The van der Waals surface area contributed by atoms with Crippen molar-refractivity contribution in [3.05, 3.63) is 81.4 Å². The van der Waals surface area contributed by atoms with E-state index in [9.17, 15) is 29.7 Å². The molecule has 0 fully saturated rings. The number of carbonyl (C=O) groups is 3. The number of aryl methyl sites for hydroxylation is 3. The third-order valence-electron chi connectivity index (χ3n) is 8.95. The van der Waals surface area contributed by atoms with Crippen molar-refractivity contribution < 1.29 is 82.5 Å². The van der Waals surface area contributed by atoms with Gasteiger partial charge in [0.05, 0.1) is 34.6 Å². The second-order valence-electron chi connectivity index (χ2n) is 11.5. The number of nitrogens with zero attached hydrogens (tertiary/aromatic N) is 2. The van der Waals surface area contributed by atoms with Crippen LogP contribution in [-0.4, -0.2) is 53.2 Å². The standard InChI is InChI=1S/C34H36N4O6.K.H/c1-7-19-15(3)23-12-25-17(5)21(9-10-29(39)40)32(37-25)22(11-30(41)42)33-31(34(43)44)18(6)26(38-33)14-28-20(8-2)16(4)24(36-28)13-27(19)35-23;;/h7,12-14,17,21,36,38H,1,8-11H2,2-6H3,(H,39,40)(H,41,42)(H,43,44);;/q;+1;-1/t17-,21-;;/m0../s1. The number of carboxylic acids is 3. The summed E-state index contributed by atoms with van der Waals surface area (Å²) in [6.45, 7) is 13.7. The summed E-state index contributed by atoms with van der Waals surface area (Å²) in [7, 11) is 0. The van der Waals surface area contributed by atoms with Gasteiger partial charge in [0.15, 0.2) is 0 Å². The number of fused-ring (bicyclic) bond motifs is 8. The third kappa shape index (κ3) is 6.37. The Morgan fingerprint density at radius 2 is 1.62 bits per heavy atom. The zero-order valence-corrected chi connectivity index (χ0v) is 29.6. The summed E-state index contributed by atoms with van der Waals surface area (Å²) in [5.41, 5.74) is 9.27. The van der Waals surface area contributed by atoms with Crippen LogP contribution in [0.3, 0.4) is 0 Å². The molecule has 2 aliphatic rings. The molecule has 3 aromatic heterocycles. The quantitative estimate of drug-likeness (QED) is 0.233. The van der Waals surface area contributed by atoms with Gasteiger partial charge in [-0.05, 0) is 74.1 Å². The minimum atomic E-state index is -1.20. The molecular formula is C34H37KN4O6. The number of nitrogens with one attached hydrogen (secondary N) is 2. The first-order valence-electron chi connectivity index (χ1n) is 14.6. The van der Waals surface area contributed by atoms with Crippen LogP contribution in [0.5, 0.6) is 0 Å². The van der Waals surface area contributed by atoms with Crippen molar-refractivity contribution in [2.75, 3.05) is 0 Å². The summed E-state index contributed by atoms with van der Waals surface area (Å²) in [5, 5.41) is 29.9. The Morgan fingerprint density at radius 1 is 0.933 bits per heavy atom. The van der Waals surface area contributed by atoms with Crippen LogP contribution in [0.4, 0.5) is 0 Å². The molecule has 0 aliphatic carbocycles. The smallest absolute Gasteiger partial charge is 1.00 e. The first-order chi connectivity index (χ1) is 20.9. The molecule has 5 heterocycles. The summed E-state index contributed by atoms with van der Waals surface area (Å²) in [6.07, 6.45) is 2.04. The van der Waals surface area contributed by atoms with Crippen LogP contribution < -0.4 is 51.4 Å². The topological polar surface area (TPSA) is 169 Å². The summed E-state index contributed by atoms with van der Waals surface area (Å²) in [4.78, 5) is 53.2. The molecule has 11 heteroatoms. The number of hydrogen-bond donors (Lipinski definition) is 5. The number of aromatic amines is 2.